The van der Waals surface area contributed by atoms with Crippen molar-refractivity contribution in [1.29, 1.82) is 0 Å². The second-order valence-electron chi connectivity index (χ2n) is 3.03. The summed E-state index contributed by atoms with van der Waals surface area (Å²) in [7, 11) is 0. The van der Waals surface area contributed by atoms with Gasteiger partial charge in [0.15, 0.2) is 5.88 Å². The Morgan fingerprint density at radius 3 is 2.33 bits per heavy atom. The average molecular weight is 127 g/mol. The fourth-order valence-corrected chi connectivity index (χ4v) is 0.851. The lowest BCUT2D eigenvalue weighted by Gasteiger charge is -2.19. The van der Waals surface area contributed by atoms with Crippen LogP contribution in [-0.2, 0) is 4.74 Å². The van der Waals surface area contributed by atoms with Crippen LogP contribution in [0.5, 0.6) is 0 Å². The first kappa shape index (κ1) is 6.46. The minimum atomic E-state index is 0.0527. The Bertz CT molecular complexity index is 140. The number of hydrogen-bond donors (Lipinski definition) is 1. The molecule has 2 nitrogen and oxygen atoms in total. The molecule has 1 N–H and O–H groups in total. The number of ether oxygens (including phenoxy) is 1. The predicted octanol–water partition coefficient (Wildman–Crippen LogP) is 1.24. The van der Waals surface area contributed by atoms with Gasteiger partial charge < -0.3 is 10.1 Å². The van der Waals surface area contributed by atoms with Gasteiger partial charge in [-0.05, 0) is 27.4 Å². The number of hydrogen-bond acceptors (Lipinski definition) is 2. The topological polar surface area (TPSA) is 21.3 Å². The highest BCUT2D eigenvalue weighted by atomic mass is 16.5. The largest absolute Gasteiger partial charge is 0.474 e. The molecule has 0 saturated carbocycles. The van der Waals surface area contributed by atoms with Crippen LogP contribution in [0.3, 0.4) is 0 Å². The molecule has 0 spiro atoms. The molecule has 0 aromatic rings. The normalized spacial score (nSPS) is 31.4. The van der Waals surface area contributed by atoms with E-state index in [1.54, 1.807) is 0 Å². The smallest absolute Gasteiger partial charge is 0.180 e. The van der Waals surface area contributed by atoms with E-state index in [4.69, 9.17) is 4.74 Å². The Hall–Kier alpha value is -0.660. The highest BCUT2D eigenvalue weighted by molar-refractivity contribution is 5.01. The van der Waals surface area contributed by atoms with E-state index >= 15 is 0 Å². The van der Waals surface area contributed by atoms with Crippen LogP contribution in [0.15, 0.2) is 12.5 Å². The van der Waals surface area contributed by atoms with Crippen molar-refractivity contribution in [3.05, 3.63) is 12.5 Å². The van der Waals surface area contributed by atoms with Crippen LogP contribution in [0.4, 0.5) is 0 Å². The molecule has 1 aliphatic heterocycles. The molecule has 0 radical (unpaired) electrons. The summed E-state index contributed by atoms with van der Waals surface area (Å²) in [6.07, 6.45) is 0.227. The van der Waals surface area contributed by atoms with Gasteiger partial charge in [0.25, 0.3) is 0 Å². The van der Waals surface area contributed by atoms with E-state index in [1.807, 2.05) is 6.92 Å². The first-order valence-electron chi connectivity index (χ1n) is 3.16. The van der Waals surface area contributed by atoms with Crippen molar-refractivity contribution in [3.8, 4) is 0 Å². The van der Waals surface area contributed by atoms with Crippen molar-refractivity contribution < 1.29 is 4.74 Å². The van der Waals surface area contributed by atoms with E-state index in [0.29, 0.717) is 5.88 Å². The Morgan fingerprint density at radius 1 is 1.67 bits per heavy atom. The van der Waals surface area contributed by atoms with Gasteiger partial charge in [0.2, 0.25) is 0 Å². The van der Waals surface area contributed by atoms with Crippen LogP contribution in [0.1, 0.15) is 20.8 Å². The third-order valence-electron chi connectivity index (χ3n) is 1.80. The monoisotopic (exact) mass is 127 g/mol. The van der Waals surface area contributed by atoms with Crippen molar-refractivity contribution in [1.82, 2.24) is 5.32 Å². The molecule has 0 bridgehead atoms. The zero-order valence-electron chi connectivity index (χ0n) is 6.19. The average Bonchev–Trinajstić information content (AvgIpc) is 1.79. The Kier molecular flexibility index (Phi) is 1.19. The molecular formula is C7H13NO. The standard InChI is InChI=1S/C7H13NO/c1-5-7(3,4)8-6(2)9-5/h5,8H,2H2,1,3-4H3/t5-/m0/s1. The summed E-state index contributed by atoms with van der Waals surface area (Å²) in [4.78, 5) is 0. The zero-order chi connectivity index (χ0) is 7.07. The SMILES string of the molecule is C=C1NC(C)(C)[C@H](C)O1. The molecule has 0 aromatic carbocycles. The molecule has 0 aromatic heterocycles. The molecule has 52 valence electrons. The van der Waals surface area contributed by atoms with E-state index in [-0.39, 0.29) is 11.6 Å². The summed E-state index contributed by atoms with van der Waals surface area (Å²) in [5, 5.41) is 3.13. The van der Waals surface area contributed by atoms with Gasteiger partial charge in [0.1, 0.15) is 6.10 Å². The van der Waals surface area contributed by atoms with Gasteiger partial charge in [0.05, 0.1) is 5.54 Å². The first-order chi connectivity index (χ1) is 4.02. The summed E-state index contributed by atoms with van der Waals surface area (Å²) in [6, 6.07) is 0. The lowest BCUT2D eigenvalue weighted by atomic mass is 10.0. The molecule has 0 amide bonds. The minimum absolute atomic E-state index is 0.0527. The van der Waals surface area contributed by atoms with Crippen LogP contribution in [0.25, 0.3) is 0 Å². The lowest BCUT2D eigenvalue weighted by molar-refractivity contribution is 0.144. The molecule has 1 atom stereocenters. The van der Waals surface area contributed by atoms with Gasteiger partial charge in [-0.2, -0.15) is 0 Å². The second-order valence-corrected chi connectivity index (χ2v) is 3.03. The van der Waals surface area contributed by atoms with E-state index in [2.05, 4.69) is 25.7 Å². The molecule has 1 saturated heterocycles. The maximum atomic E-state index is 5.27. The molecule has 0 aliphatic carbocycles. The maximum absolute atomic E-state index is 5.27. The molecule has 1 fully saturated rings. The molecule has 1 heterocycles. The summed E-state index contributed by atoms with van der Waals surface area (Å²) < 4.78 is 5.27. The fourth-order valence-electron chi connectivity index (χ4n) is 0.851. The molecule has 0 unspecified atom stereocenters. The molecule has 2 heteroatoms. The van der Waals surface area contributed by atoms with Gasteiger partial charge in [-0.25, -0.2) is 0 Å². The van der Waals surface area contributed by atoms with E-state index in [9.17, 15) is 0 Å². The highest BCUT2D eigenvalue weighted by Gasteiger charge is 2.34. The quantitative estimate of drug-likeness (QED) is 0.528. The second kappa shape index (κ2) is 1.66. The highest BCUT2D eigenvalue weighted by Crippen LogP contribution is 2.22. The van der Waals surface area contributed by atoms with Crippen LogP contribution in [0.2, 0.25) is 0 Å². The number of nitrogens with one attached hydrogen (secondary N) is 1. The van der Waals surface area contributed by atoms with Gasteiger partial charge in [-0.1, -0.05) is 0 Å². The van der Waals surface area contributed by atoms with Gasteiger partial charge in [-0.15, -0.1) is 0 Å². The minimum Gasteiger partial charge on any atom is -0.474 e. The van der Waals surface area contributed by atoms with Crippen LogP contribution in [-0.4, -0.2) is 11.6 Å². The van der Waals surface area contributed by atoms with Crippen LogP contribution < -0.4 is 5.32 Å². The van der Waals surface area contributed by atoms with Crippen molar-refractivity contribution in [2.24, 2.45) is 0 Å². The van der Waals surface area contributed by atoms with Crippen LogP contribution in [0, 0.1) is 0 Å². The molecule has 9 heavy (non-hydrogen) atoms. The Morgan fingerprint density at radius 2 is 2.22 bits per heavy atom. The summed E-state index contributed by atoms with van der Waals surface area (Å²) >= 11 is 0. The van der Waals surface area contributed by atoms with Crippen molar-refractivity contribution in [2.45, 2.75) is 32.4 Å². The molecule has 1 aliphatic rings. The lowest BCUT2D eigenvalue weighted by Crippen LogP contribution is -2.39. The zero-order valence-corrected chi connectivity index (χ0v) is 6.19. The van der Waals surface area contributed by atoms with Crippen molar-refractivity contribution in [3.63, 3.8) is 0 Å². The van der Waals surface area contributed by atoms with Gasteiger partial charge in [-0.3, -0.25) is 0 Å². The number of rotatable bonds is 0. The summed E-state index contributed by atoms with van der Waals surface area (Å²) in [5.74, 6) is 0.688. The van der Waals surface area contributed by atoms with E-state index in [0.717, 1.165) is 0 Å². The van der Waals surface area contributed by atoms with Crippen LogP contribution >= 0.6 is 0 Å². The van der Waals surface area contributed by atoms with Gasteiger partial charge in [0, 0.05) is 0 Å². The predicted molar refractivity (Wildman–Crippen MR) is 36.9 cm³/mol. The Labute approximate surface area is 55.9 Å². The maximum Gasteiger partial charge on any atom is 0.180 e. The summed E-state index contributed by atoms with van der Waals surface area (Å²) in [5.41, 5.74) is 0.0527. The fraction of sp³-hybridized carbons (Fsp3) is 0.714. The van der Waals surface area contributed by atoms with Crippen molar-refractivity contribution in [2.75, 3.05) is 0 Å². The Balaban J connectivity index is 2.69. The third-order valence-corrected chi connectivity index (χ3v) is 1.80. The first-order valence-corrected chi connectivity index (χ1v) is 3.16. The molecular weight excluding hydrogens is 114 g/mol. The molecule has 1 rings (SSSR count). The third kappa shape index (κ3) is 1.02. The van der Waals surface area contributed by atoms with Crippen molar-refractivity contribution >= 4 is 0 Å². The van der Waals surface area contributed by atoms with E-state index < -0.39 is 0 Å². The summed E-state index contributed by atoms with van der Waals surface area (Å²) in [6.45, 7) is 9.89. The van der Waals surface area contributed by atoms with E-state index in [1.165, 1.54) is 0 Å². The van der Waals surface area contributed by atoms with Gasteiger partial charge >= 0.3 is 0 Å².